The van der Waals surface area contributed by atoms with Crippen LogP contribution >= 0.6 is 15.9 Å². The van der Waals surface area contributed by atoms with Crippen molar-refractivity contribution in [1.29, 1.82) is 0 Å². The molecule has 1 aromatic carbocycles. The molecule has 1 N–H and O–H groups in total. The van der Waals surface area contributed by atoms with E-state index in [9.17, 15) is 19.7 Å². The second kappa shape index (κ2) is 8.69. The molecule has 9 heteroatoms. The van der Waals surface area contributed by atoms with Gasteiger partial charge in [-0.2, -0.15) is 0 Å². The minimum atomic E-state index is -1.14. The van der Waals surface area contributed by atoms with Gasteiger partial charge in [-0.25, -0.2) is 9.59 Å². The molecule has 0 aliphatic heterocycles. The number of nitrogens with one attached hydrogen (secondary N) is 1. The zero-order valence-corrected chi connectivity index (χ0v) is 17.9. The van der Waals surface area contributed by atoms with E-state index in [1.165, 1.54) is 12.1 Å². The number of nitro benzene ring substituents is 1. The Bertz CT molecular complexity index is 722. The predicted molar refractivity (Wildman–Crippen MR) is 104 cm³/mol. The van der Waals surface area contributed by atoms with Crippen molar-refractivity contribution in [2.45, 2.75) is 65.2 Å². The van der Waals surface area contributed by atoms with Gasteiger partial charge in [0.05, 0.1) is 4.92 Å². The van der Waals surface area contributed by atoms with E-state index in [0.29, 0.717) is 4.47 Å². The monoisotopic (exact) mass is 444 g/mol. The second-order valence-electron chi connectivity index (χ2n) is 7.97. The largest absolute Gasteiger partial charge is 0.458 e. The van der Waals surface area contributed by atoms with Gasteiger partial charge in [-0.15, -0.1) is 0 Å². The molecule has 0 aliphatic rings. The molecule has 1 rings (SSSR count). The molecule has 0 heterocycles. The molecule has 0 spiro atoms. The third-order valence-corrected chi connectivity index (χ3v) is 3.54. The van der Waals surface area contributed by atoms with Crippen LogP contribution < -0.4 is 5.32 Å². The number of nitrogens with zero attached hydrogens (tertiary/aromatic N) is 1. The third kappa shape index (κ3) is 8.38. The number of carbonyl (C=O) groups is 2. The molecule has 0 aromatic heterocycles. The lowest BCUT2D eigenvalue weighted by atomic mass is 10.0. The van der Waals surface area contributed by atoms with E-state index in [2.05, 4.69) is 21.2 Å². The van der Waals surface area contributed by atoms with Crippen LogP contribution in [0.1, 0.15) is 47.1 Å². The Kier molecular flexibility index (Phi) is 7.36. The van der Waals surface area contributed by atoms with Crippen LogP contribution in [0.15, 0.2) is 22.7 Å². The third-order valence-electron chi connectivity index (χ3n) is 3.05. The lowest BCUT2D eigenvalue weighted by molar-refractivity contribution is -0.385. The Morgan fingerprint density at radius 1 is 1.15 bits per heavy atom. The first-order valence-electron chi connectivity index (χ1n) is 8.33. The molecule has 1 atom stereocenters. The van der Waals surface area contributed by atoms with Crippen LogP contribution in [0, 0.1) is 10.1 Å². The number of hydrogen-bond acceptors (Lipinski definition) is 6. The molecule has 0 aliphatic carbocycles. The number of hydrogen-bond donors (Lipinski definition) is 1. The summed E-state index contributed by atoms with van der Waals surface area (Å²) in [6.07, 6.45) is -0.921. The van der Waals surface area contributed by atoms with Gasteiger partial charge < -0.3 is 14.8 Å². The number of halogens is 1. The summed E-state index contributed by atoms with van der Waals surface area (Å²) in [6, 6.07) is 3.35. The van der Waals surface area contributed by atoms with Crippen LogP contribution in [-0.4, -0.2) is 34.2 Å². The number of benzene rings is 1. The van der Waals surface area contributed by atoms with Gasteiger partial charge >= 0.3 is 12.1 Å². The average molecular weight is 445 g/mol. The normalized spacial score (nSPS) is 12.9. The molecule has 0 radical (unpaired) electrons. The lowest BCUT2D eigenvalue weighted by Crippen LogP contribution is -2.47. The van der Waals surface area contributed by atoms with Crippen molar-refractivity contribution in [1.82, 2.24) is 5.32 Å². The molecule has 0 saturated carbocycles. The summed E-state index contributed by atoms with van der Waals surface area (Å²) >= 11 is 3.19. The van der Waals surface area contributed by atoms with Crippen LogP contribution in [0.2, 0.25) is 0 Å². The average Bonchev–Trinajstić information content (AvgIpc) is 2.44. The number of amides is 1. The Hall–Kier alpha value is -2.16. The van der Waals surface area contributed by atoms with Crippen LogP contribution in [0.25, 0.3) is 0 Å². The Morgan fingerprint density at radius 2 is 1.70 bits per heavy atom. The van der Waals surface area contributed by atoms with Crippen molar-refractivity contribution in [2.75, 3.05) is 0 Å². The highest BCUT2D eigenvalue weighted by molar-refractivity contribution is 9.10. The van der Waals surface area contributed by atoms with Crippen molar-refractivity contribution in [3.8, 4) is 0 Å². The standard InChI is InChI=1S/C18H25BrN2O6/c1-17(2,3)26-15(22)13(20-16(23)27-18(4,5)6)9-11-7-8-12(19)10-14(11)21(24)25/h7-8,10,13H,9H2,1-6H3,(H,20,23). The molecule has 1 amide bonds. The number of ether oxygens (including phenoxy) is 2. The van der Waals surface area contributed by atoms with E-state index in [0.717, 1.165) is 0 Å². The first-order chi connectivity index (χ1) is 12.2. The summed E-state index contributed by atoms with van der Waals surface area (Å²) in [5.74, 6) is -0.703. The minimum absolute atomic E-state index is 0.113. The fraction of sp³-hybridized carbons (Fsp3) is 0.556. The lowest BCUT2D eigenvalue weighted by Gasteiger charge is -2.26. The highest BCUT2D eigenvalue weighted by Gasteiger charge is 2.31. The van der Waals surface area contributed by atoms with Gasteiger partial charge in [-0.1, -0.05) is 22.0 Å². The molecule has 1 aromatic rings. The summed E-state index contributed by atoms with van der Waals surface area (Å²) in [5, 5.41) is 13.8. The number of rotatable bonds is 5. The topological polar surface area (TPSA) is 108 Å². The van der Waals surface area contributed by atoms with Gasteiger partial charge in [-0.3, -0.25) is 10.1 Å². The highest BCUT2D eigenvalue weighted by atomic mass is 79.9. The minimum Gasteiger partial charge on any atom is -0.458 e. The maximum Gasteiger partial charge on any atom is 0.408 e. The fourth-order valence-corrected chi connectivity index (χ4v) is 2.46. The number of nitro groups is 1. The number of alkyl carbamates (subject to hydrolysis) is 1. The summed E-state index contributed by atoms with van der Waals surface area (Å²) in [7, 11) is 0. The van der Waals surface area contributed by atoms with E-state index >= 15 is 0 Å². The Balaban J connectivity index is 3.13. The van der Waals surface area contributed by atoms with Gasteiger partial charge in [0.1, 0.15) is 17.2 Å². The smallest absolute Gasteiger partial charge is 0.408 e. The Morgan fingerprint density at radius 3 is 2.19 bits per heavy atom. The first-order valence-corrected chi connectivity index (χ1v) is 9.12. The molecule has 8 nitrogen and oxygen atoms in total. The van der Waals surface area contributed by atoms with E-state index in [-0.39, 0.29) is 17.7 Å². The van der Waals surface area contributed by atoms with Gasteiger partial charge in [0, 0.05) is 22.5 Å². The SMILES string of the molecule is CC(C)(C)OC(=O)NC(Cc1ccc(Br)cc1[N+](=O)[O-])C(=O)OC(C)(C)C. The van der Waals surface area contributed by atoms with Gasteiger partial charge in [-0.05, 0) is 47.6 Å². The highest BCUT2D eigenvalue weighted by Crippen LogP contribution is 2.25. The quantitative estimate of drug-likeness (QED) is 0.415. The maximum atomic E-state index is 12.5. The van der Waals surface area contributed by atoms with Crippen LogP contribution in [0.5, 0.6) is 0 Å². The van der Waals surface area contributed by atoms with Crippen LogP contribution in [0.3, 0.4) is 0 Å². The zero-order chi connectivity index (χ0) is 21.0. The molecular formula is C18H25BrN2O6. The van der Waals surface area contributed by atoms with E-state index in [1.807, 2.05) is 0 Å². The molecule has 0 bridgehead atoms. The molecular weight excluding hydrogens is 420 g/mol. The summed E-state index contributed by atoms with van der Waals surface area (Å²) in [6.45, 7) is 10.1. The van der Waals surface area contributed by atoms with Crippen molar-refractivity contribution in [3.63, 3.8) is 0 Å². The van der Waals surface area contributed by atoms with E-state index in [1.54, 1.807) is 47.6 Å². The second-order valence-corrected chi connectivity index (χ2v) is 8.88. The summed E-state index contributed by atoms with van der Waals surface area (Å²) in [5.41, 5.74) is -1.41. The van der Waals surface area contributed by atoms with Gasteiger partial charge in [0.25, 0.3) is 5.69 Å². The van der Waals surface area contributed by atoms with E-state index in [4.69, 9.17) is 9.47 Å². The first kappa shape index (κ1) is 22.9. The fourth-order valence-electron chi connectivity index (χ4n) is 2.12. The van der Waals surface area contributed by atoms with Crippen LogP contribution in [-0.2, 0) is 20.7 Å². The summed E-state index contributed by atoms with van der Waals surface area (Å²) < 4.78 is 11.1. The van der Waals surface area contributed by atoms with Crippen molar-refractivity contribution in [3.05, 3.63) is 38.3 Å². The van der Waals surface area contributed by atoms with Crippen LogP contribution in [0.4, 0.5) is 10.5 Å². The Labute approximate surface area is 166 Å². The van der Waals surface area contributed by atoms with Crippen molar-refractivity contribution >= 4 is 33.7 Å². The van der Waals surface area contributed by atoms with Gasteiger partial charge in [0.15, 0.2) is 0 Å². The molecule has 150 valence electrons. The van der Waals surface area contributed by atoms with E-state index < -0.39 is 34.2 Å². The van der Waals surface area contributed by atoms with Crippen molar-refractivity contribution in [2.24, 2.45) is 0 Å². The maximum absolute atomic E-state index is 12.5. The molecule has 27 heavy (non-hydrogen) atoms. The molecule has 0 saturated heterocycles. The summed E-state index contributed by atoms with van der Waals surface area (Å²) in [4.78, 5) is 35.4. The molecule has 0 fully saturated rings. The molecule has 1 unspecified atom stereocenters. The zero-order valence-electron chi connectivity index (χ0n) is 16.3. The van der Waals surface area contributed by atoms with Gasteiger partial charge in [0.2, 0.25) is 0 Å². The number of carbonyl (C=O) groups excluding carboxylic acids is 2. The van der Waals surface area contributed by atoms with Crippen molar-refractivity contribution < 1.29 is 24.0 Å². The number of esters is 1. The predicted octanol–water partition coefficient (Wildman–Crippen LogP) is 4.13.